The zero-order valence-electron chi connectivity index (χ0n) is 47.0. The standard InChI is InChI=1S/C63H109NO8/c1-6-8-10-12-14-16-18-20-22-24-26-27-28-29-30-31-32-33-34-35-36-38-40-42-44-46-48-50-52-54-61(66)72-59(58-71-63(62(67)68)69-56-55-64(3,4)5)57-70-60(65)53-51-49-47-45-43-41-39-37-25-23-21-19-17-15-13-11-9-7-2/h8,10,14,16,20,22-23,25-27,29-30,32-33,59,63H,6-7,9,11-13,15,17-19,21,24,28,31,34-58H2,1-5H3/b10-8-,16-14-,22-20-,25-23-,27-26-,30-29-,33-32-. The van der Waals surface area contributed by atoms with Gasteiger partial charge in [-0.25, -0.2) is 0 Å². The van der Waals surface area contributed by atoms with Gasteiger partial charge < -0.3 is 33.3 Å². The third-order valence-corrected chi connectivity index (χ3v) is 12.4. The Morgan fingerprint density at radius 1 is 0.431 bits per heavy atom. The number of quaternary nitrogens is 1. The van der Waals surface area contributed by atoms with Gasteiger partial charge in [-0.3, -0.25) is 9.59 Å². The molecule has 0 heterocycles. The van der Waals surface area contributed by atoms with Gasteiger partial charge in [0.05, 0.1) is 40.3 Å². The molecule has 0 saturated carbocycles. The van der Waals surface area contributed by atoms with Crippen LogP contribution in [0.1, 0.15) is 239 Å². The molecule has 0 aromatic heterocycles. The third-order valence-electron chi connectivity index (χ3n) is 12.4. The minimum Gasteiger partial charge on any atom is -0.545 e. The molecule has 72 heavy (non-hydrogen) atoms. The second-order valence-corrected chi connectivity index (χ2v) is 20.5. The van der Waals surface area contributed by atoms with E-state index in [1.165, 1.54) is 109 Å². The molecule has 0 rings (SSSR count). The molecule has 0 aliphatic rings. The Hall–Kier alpha value is -3.53. The summed E-state index contributed by atoms with van der Waals surface area (Å²) in [5.74, 6) is -2.30. The molecular weight excluding hydrogens is 899 g/mol. The van der Waals surface area contributed by atoms with E-state index < -0.39 is 24.3 Å². The van der Waals surface area contributed by atoms with Crippen LogP contribution in [0, 0.1) is 0 Å². The van der Waals surface area contributed by atoms with Crippen molar-refractivity contribution in [3.8, 4) is 0 Å². The van der Waals surface area contributed by atoms with Gasteiger partial charge in [-0.1, -0.05) is 221 Å². The molecular formula is C63H109NO8. The molecule has 414 valence electrons. The number of aliphatic carboxylic acids is 1. The summed E-state index contributed by atoms with van der Waals surface area (Å²) in [6.07, 6.45) is 67.7. The van der Waals surface area contributed by atoms with Crippen molar-refractivity contribution in [3.63, 3.8) is 0 Å². The fourth-order valence-electron chi connectivity index (χ4n) is 7.89. The zero-order chi connectivity index (χ0) is 52.7. The van der Waals surface area contributed by atoms with Crippen LogP contribution in [0.3, 0.4) is 0 Å². The Balaban J connectivity index is 4.25. The predicted molar refractivity (Wildman–Crippen MR) is 301 cm³/mol. The predicted octanol–water partition coefficient (Wildman–Crippen LogP) is 15.8. The quantitative estimate of drug-likeness (QED) is 0.0195. The normalized spacial score (nSPS) is 13.4. The van der Waals surface area contributed by atoms with E-state index in [9.17, 15) is 19.5 Å². The highest BCUT2D eigenvalue weighted by molar-refractivity contribution is 5.70. The first kappa shape index (κ1) is 68.5. The third kappa shape index (κ3) is 54.2. The number of rotatable bonds is 53. The molecule has 2 atom stereocenters. The second kappa shape index (κ2) is 53.8. The van der Waals surface area contributed by atoms with Crippen molar-refractivity contribution >= 4 is 17.9 Å². The highest BCUT2D eigenvalue weighted by atomic mass is 16.7. The molecule has 0 amide bonds. The first-order valence-electron chi connectivity index (χ1n) is 29.2. The van der Waals surface area contributed by atoms with Gasteiger partial charge in [-0.15, -0.1) is 0 Å². The SMILES string of the molecule is CC/C=C\C/C=C\C/C=C\C/C=C\C/C=C\C/C=C\CCCCCCCCCCCCC(=O)OC(COC(=O)CCCCCCCCC/C=C\CCCCCCCCC)COC(OCC[N+](C)(C)C)C(=O)[O-]. The fraction of sp³-hybridized carbons (Fsp3) is 0.730. The Kier molecular flexibility index (Phi) is 51.1. The molecule has 0 saturated heterocycles. The Labute approximate surface area is 442 Å². The van der Waals surface area contributed by atoms with Gasteiger partial charge in [0.25, 0.3) is 0 Å². The zero-order valence-corrected chi connectivity index (χ0v) is 47.0. The number of nitrogens with zero attached hydrogens (tertiary/aromatic N) is 1. The molecule has 0 aromatic rings. The highest BCUT2D eigenvalue weighted by Gasteiger charge is 2.22. The minimum absolute atomic E-state index is 0.143. The van der Waals surface area contributed by atoms with Gasteiger partial charge in [0.15, 0.2) is 12.4 Å². The largest absolute Gasteiger partial charge is 0.545 e. The van der Waals surface area contributed by atoms with Crippen LogP contribution < -0.4 is 5.11 Å². The van der Waals surface area contributed by atoms with Crippen molar-refractivity contribution in [2.24, 2.45) is 0 Å². The number of hydrogen-bond acceptors (Lipinski definition) is 8. The number of hydrogen-bond donors (Lipinski definition) is 0. The van der Waals surface area contributed by atoms with Gasteiger partial charge in [0.1, 0.15) is 13.2 Å². The van der Waals surface area contributed by atoms with Crippen LogP contribution in [-0.4, -0.2) is 82.3 Å². The molecule has 2 unspecified atom stereocenters. The maximum atomic E-state index is 12.9. The summed E-state index contributed by atoms with van der Waals surface area (Å²) < 4.78 is 22.7. The topological polar surface area (TPSA) is 111 Å². The summed E-state index contributed by atoms with van der Waals surface area (Å²) in [4.78, 5) is 37.3. The second-order valence-electron chi connectivity index (χ2n) is 20.5. The van der Waals surface area contributed by atoms with Crippen molar-refractivity contribution in [2.75, 3.05) is 47.5 Å². The van der Waals surface area contributed by atoms with E-state index in [0.29, 0.717) is 17.4 Å². The average molecular weight is 1010 g/mol. The number of carboxylic acid groups (broad SMARTS) is 1. The lowest BCUT2D eigenvalue weighted by atomic mass is 10.0. The summed E-state index contributed by atoms with van der Waals surface area (Å²) >= 11 is 0. The number of carbonyl (C=O) groups excluding carboxylic acids is 3. The lowest BCUT2D eigenvalue weighted by molar-refractivity contribution is -0.870. The van der Waals surface area contributed by atoms with Crippen molar-refractivity contribution in [2.45, 2.75) is 251 Å². The molecule has 0 bridgehead atoms. The monoisotopic (exact) mass is 1010 g/mol. The number of carboxylic acids is 1. The van der Waals surface area contributed by atoms with Crippen molar-refractivity contribution in [1.82, 2.24) is 0 Å². The lowest BCUT2D eigenvalue weighted by Crippen LogP contribution is -2.44. The Morgan fingerprint density at radius 2 is 0.792 bits per heavy atom. The van der Waals surface area contributed by atoms with Crippen LogP contribution in [0.4, 0.5) is 0 Å². The molecule has 0 fully saturated rings. The van der Waals surface area contributed by atoms with Crippen molar-refractivity contribution in [3.05, 3.63) is 85.1 Å². The smallest absolute Gasteiger partial charge is 0.306 e. The van der Waals surface area contributed by atoms with Crippen LogP contribution in [0.15, 0.2) is 85.1 Å². The van der Waals surface area contributed by atoms with Gasteiger partial charge in [0, 0.05) is 12.8 Å². The molecule has 0 aliphatic carbocycles. The maximum absolute atomic E-state index is 12.9. The molecule has 0 radical (unpaired) electrons. The van der Waals surface area contributed by atoms with Crippen LogP contribution >= 0.6 is 0 Å². The summed E-state index contributed by atoms with van der Waals surface area (Å²) in [7, 11) is 5.92. The first-order chi connectivity index (χ1) is 35.1. The van der Waals surface area contributed by atoms with E-state index in [1.807, 2.05) is 21.1 Å². The number of carbonyl (C=O) groups is 3. The van der Waals surface area contributed by atoms with Gasteiger partial charge in [-0.2, -0.15) is 0 Å². The average Bonchev–Trinajstić information content (AvgIpc) is 3.35. The van der Waals surface area contributed by atoms with E-state index >= 15 is 0 Å². The van der Waals surface area contributed by atoms with E-state index in [4.69, 9.17) is 18.9 Å². The molecule has 9 heteroatoms. The maximum Gasteiger partial charge on any atom is 0.306 e. The highest BCUT2D eigenvalue weighted by Crippen LogP contribution is 2.15. The lowest BCUT2D eigenvalue weighted by Gasteiger charge is -2.26. The number of allylic oxidation sites excluding steroid dienone is 14. The van der Waals surface area contributed by atoms with E-state index in [0.717, 1.165) is 96.3 Å². The molecule has 0 aliphatic heterocycles. The number of likely N-dealkylation sites (N-methyl/N-ethyl adjacent to an activating group) is 1. The van der Waals surface area contributed by atoms with Crippen LogP contribution in [0.5, 0.6) is 0 Å². The van der Waals surface area contributed by atoms with E-state index in [-0.39, 0.29) is 38.6 Å². The summed E-state index contributed by atoms with van der Waals surface area (Å²) in [6, 6.07) is 0. The van der Waals surface area contributed by atoms with Gasteiger partial charge in [0.2, 0.25) is 0 Å². The number of ether oxygens (including phenoxy) is 4. The minimum atomic E-state index is -1.63. The first-order valence-corrected chi connectivity index (χ1v) is 29.2. The van der Waals surface area contributed by atoms with Gasteiger partial charge >= 0.3 is 11.9 Å². The summed E-state index contributed by atoms with van der Waals surface area (Å²) in [6.45, 7) is 4.63. The Morgan fingerprint density at radius 3 is 1.19 bits per heavy atom. The van der Waals surface area contributed by atoms with Crippen molar-refractivity contribution < 1.29 is 42.9 Å². The number of esters is 2. The molecule has 9 nitrogen and oxygen atoms in total. The summed E-state index contributed by atoms with van der Waals surface area (Å²) in [5, 5.41) is 11.8. The van der Waals surface area contributed by atoms with Crippen LogP contribution in [-0.2, 0) is 33.3 Å². The molecule has 0 spiro atoms. The van der Waals surface area contributed by atoms with Crippen LogP contribution in [0.2, 0.25) is 0 Å². The van der Waals surface area contributed by atoms with Crippen molar-refractivity contribution in [1.29, 1.82) is 0 Å². The van der Waals surface area contributed by atoms with Crippen LogP contribution in [0.25, 0.3) is 0 Å². The molecule has 0 N–H and O–H groups in total. The van der Waals surface area contributed by atoms with E-state index in [1.54, 1.807) is 0 Å². The number of unbranched alkanes of at least 4 members (excludes halogenated alkanes) is 24. The van der Waals surface area contributed by atoms with E-state index in [2.05, 4.69) is 98.9 Å². The van der Waals surface area contributed by atoms with Gasteiger partial charge in [-0.05, 0) is 89.9 Å². The Bertz CT molecular complexity index is 1450. The summed E-state index contributed by atoms with van der Waals surface area (Å²) in [5.41, 5.74) is 0. The fourth-order valence-corrected chi connectivity index (χ4v) is 7.89. The molecule has 0 aromatic carbocycles.